The van der Waals surface area contributed by atoms with E-state index in [0.29, 0.717) is 65.2 Å². The molecule has 0 aromatic heterocycles. The summed E-state index contributed by atoms with van der Waals surface area (Å²) in [7, 11) is 0. The number of carbonyl (C=O) groups excluding carboxylic acids is 3. The summed E-state index contributed by atoms with van der Waals surface area (Å²) in [5.41, 5.74) is 1.20. The molecular formula is C21H27N3O4. The first-order valence-corrected chi connectivity index (χ1v) is 10.0. The monoisotopic (exact) mass is 385 g/mol. The standard InChI is InChI=1S/C21H27N3O4/c1-16(25)22-8-6-21(7-9-22,14-19(26)23-10-12-28-13-11-23)24-15-17-4-2-3-5-18(17)20(24)27/h2-5H,6-15H2,1H3. The Morgan fingerprint density at radius 2 is 1.71 bits per heavy atom. The van der Waals surface area contributed by atoms with Gasteiger partial charge in [0.25, 0.3) is 5.91 Å². The predicted octanol–water partition coefficient (Wildman–Crippen LogP) is 1.27. The van der Waals surface area contributed by atoms with E-state index >= 15 is 0 Å². The Balaban J connectivity index is 1.58. The SMILES string of the molecule is CC(=O)N1CCC(CC(=O)N2CCOCC2)(N2Cc3ccccc3C2=O)CC1. The number of rotatable bonds is 3. The van der Waals surface area contributed by atoms with Crippen LogP contribution in [0.4, 0.5) is 0 Å². The summed E-state index contributed by atoms with van der Waals surface area (Å²) >= 11 is 0. The van der Waals surface area contributed by atoms with Crippen LogP contribution in [0.3, 0.4) is 0 Å². The molecule has 0 atom stereocenters. The van der Waals surface area contributed by atoms with Crippen LogP contribution in [0.25, 0.3) is 0 Å². The lowest BCUT2D eigenvalue weighted by molar-refractivity contribution is -0.140. The minimum absolute atomic E-state index is 0.00153. The molecule has 4 rings (SSSR count). The van der Waals surface area contributed by atoms with Crippen LogP contribution < -0.4 is 0 Å². The minimum Gasteiger partial charge on any atom is -0.378 e. The second-order valence-corrected chi connectivity index (χ2v) is 7.95. The van der Waals surface area contributed by atoms with E-state index in [1.54, 1.807) is 6.92 Å². The molecule has 150 valence electrons. The zero-order chi connectivity index (χ0) is 19.7. The van der Waals surface area contributed by atoms with Gasteiger partial charge in [-0.05, 0) is 24.5 Å². The Hall–Kier alpha value is -2.41. The van der Waals surface area contributed by atoms with Gasteiger partial charge in [0, 0.05) is 45.2 Å². The molecule has 7 heteroatoms. The third-order valence-electron chi connectivity index (χ3n) is 6.38. The molecule has 3 aliphatic heterocycles. The number of piperidine rings is 1. The van der Waals surface area contributed by atoms with Gasteiger partial charge in [-0.25, -0.2) is 0 Å². The molecule has 0 N–H and O–H groups in total. The molecule has 0 saturated carbocycles. The van der Waals surface area contributed by atoms with Crippen LogP contribution in [0.5, 0.6) is 0 Å². The first-order chi connectivity index (χ1) is 13.5. The Labute approximate surface area is 165 Å². The van der Waals surface area contributed by atoms with Crippen LogP contribution in [-0.2, 0) is 20.9 Å². The first-order valence-electron chi connectivity index (χ1n) is 10.0. The van der Waals surface area contributed by atoms with Crippen LogP contribution in [0.2, 0.25) is 0 Å². The van der Waals surface area contributed by atoms with Gasteiger partial charge in [-0.3, -0.25) is 14.4 Å². The summed E-state index contributed by atoms with van der Waals surface area (Å²) in [4.78, 5) is 43.6. The Morgan fingerprint density at radius 3 is 2.36 bits per heavy atom. The molecule has 3 amide bonds. The minimum atomic E-state index is -0.544. The number of morpholine rings is 1. The summed E-state index contributed by atoms with van der Waals surface area (Å²) in [5, 5.41) is 0. The molecule has 0 unspecified atom stereocenters. The molecule has 0 radical (unpaired) electrons. The molecule has 3 heterocycles. The highest BCUT2D eigenvalue weighted by Gasteiger charge is 2.47. The fourth-order valence-corrected chi connectivity index (χ4v) is 4.62. The van der Waals surface area contributed by atoms with Gasteiger partial charge >= 0.3 is 0 Å². The number of likely N-dealkylation sites (tertiary alicyclic amines) is 1. The van der Waals surface area contributed by atoms with Gasteiger partial charge < -0.3 is 19.4 Å². The maximum atomic E-state index is 13.2. The summed E-state index contributed by atoms with van der Waals surface area (Å²) in [6.45, 7) is 5.58. The van der Waals surface area contributed by atoms with E-state index in [0.717, 1.165) is 11.1 Å². The normalized spacial score (nSPS) is 21.6. The number of nitrogens with zero attached hydrogens (tertiary/aromatic N) is 3. The number of fused-ring (bicyclic) bond motifs is 1. The van der Waals surface area contributed by atoms with Crippen LogP contribution in [0, 0.1) is 0 Å². The van der Waals surface area contributed by atoms with Crippen molar-refractivity contribution in [1.82, 2.24) is 14.7 Å². The summed E-state index contributed by atoms with van der Waals surface area (Å²) in [5.74, 6) is 0.120. The molecule has 0 aliphatic carbocycles. The lowest BCUT2D eigenvalue weighted by Crippen LogP contribution is -2.58. The highest BCUT2D eigenvalue weighted by molar-refractivity contribution is 5.99. The van der Waals surface area contributed by atoms with Crippen molar-refractivity contribution in [2.24, 2.45) is 0 Å². The van der Waals surface area contributed by atoms with Crippen molar-refractivity contribution in [2.75, 3.05) is 39.4 Å². The van der Waals surface area contributed by atoms with Crippen molar-refractivity contribution < 1.29 is 19.1 Å². The fraction of sp³-hybridized carbons (Fsp3) is 0.571. The summed E-state index contributed by atoms with van der Waals surface area (Å²) in [6.07, 6.45) is 1.56. The van der Waals surface area contributed by atoms with Crippen LogP contribution in [0.1, 0.15) is 42.1 Å². The molecule has 3 aliphatic rings. The van der Waals surface area contributed by atoms with E-state index in [2.05, 4.69) is 0 Å². The average molecular weight is 385 g/mol. The molecule has 28 heavy (non-hydrogen) atoms. The Kier molecular flexibility index (Phi) is 5.10. The first kappa shape index (κ1) is 18.9. The quantitative estimate of drug-likeness (QED) is 0.786. The predicted molar refractivity (Wildman–Crippen MR) is 103 cm³/mol. The Bertz CT molecular complexity index is 780. The van der Waals surface area contributed by atoms with Gasteiger partial charge in [-0.15, -0.1) is 0 Å². The smallest absolute Gasteiger partial charge is 0.254 e. The van der Waals surface area contributed by atoms with E-state index in [1.165, 1.54) is 0 Å². The molecule has 7 nitrogen and oxygen atoms in total. The van der Waals surface area contributed by atoms with Crippen molar-refractivity contribution in [2.45, 2.75) is 38.3 Å². The molecular weight excluding hydrogens is 358 g/mol. The number of hydrogen-bond donors (Lipinski definition) is 0. The van der Waals surface area contributed by atoms with Gasteiger partial charge in [-0.1, -0.05) is 18.2 Å². The van der Waals surface area contributed by atoms with Crippen LogP contribution >= 0.6 is 0 Å². The van der Waals surface area contributed by atoms with E-state index in [4.69, 9.17) is 4.74 Å². The molecule has 0 bridgehead atoms. The van der Waals surface area contributed by atoms with Crippen LogP contribution in [-0.4, -0.2) is 77.4 Å². The molecule has 1 aromatic rings. The Morgan fingerprint density at radius 1 is 1.04 bits per heavy atom. The van der Waals surface area contributed by atoms with Gasteiger partial charge in [-0.2, -0.15) is 0 Å². The van der Waals surface area contributed by atoms with E-state index in [1.807, 2.05) is 39.0 Å². The fourth-order valence-electron chi connectivity index (χ4n) is 4.62. The number of ether oxygens (including phenoxy) is 1. The second-order valence-electron chi connectivity index (χ2n) is 7.95. The third kappa shape index (κ3) is 3.39. The molecule has 2 saturated heterocycles. The third-order valence-corrected chi connectivity index (χ3v) is 6.38. The molecule has 0 spiro atoms. The van der Waals surface area contributed by atoms with Gasteiger partial charge in [0.05, 0.1) is 25.2 Å². The van der Waals surface area contributed by atoms with Gasteiger partial charge in [0.2, 0.25) is 11.8 Å². The van der Waals surface area contributed by atoms with Crippen molar-refractivity contribution in [3.8, 4) is 0 Å². The number of carbonyl (C=O) groups is 3. The zero-order valence-corrected chi connectivity index (χ0v) is 16.4. The van der Waals surface area contributed by atoms with E-state index in [9.17, 15) is 14.4 Å². The zero-order valence-electron chi connectivity index (χ0n) is 16.4. The summed E-state index contributed by atoms with van der Waals surface area (Å²) < 4.78 is 5.36. The highest BCUT2D eigenvalue weighted by atomic mass is 16.5. The number of hydrogen-bond acceptors (Lipinski definition) is 4. The maximum absolute atomic E-state index is 13.2. The average Bonchev–Trinajstić information content (AvgIpc) is 3.06. The lowest BCUT2D eigenvalue weighted by Gasteiger charge is -2.47. The lowest BCUT2D eigenvalue weighted by atomic mass is 9.82. The maximum Gasteiger partial charge on any atom is 0.254 e. The van der Waals surface area contributed by atoms with Crippen molar-refractivity contribution in [1.29, 1.82) is 0 Å². The van der Waals surface area contributed by atoms with Crippen molar-refractivity contribution in [3.63, 3.8) is 0 Å². The number of amides is 3. The largest absolute Gasteiger partial charge is 0.378 e. The number of benzene rings is 1. The van der Waals surface area contributed by atoms with Gasteiger partial charge in [0.1, 0.15) is 0 Å². The van der Waals surface area contributed by atoms with Gasteiger partial charge in [0.15, 0.2) is 0 Å². The van der Waals surface area contributed by atoms with Crippen molar-refractivity contribution >= 4 is 17.7 Å². The molecule has 1 aromatic carbocycles. The summed E-state index contributed by atoms with van der Waals surface area (Å²) in [6, 6.07) is 7.67. The topological polar surface area (TPSA) is 70.2 Å². The molecule has 2 fully saturated rings. The van der Waals surface area contributed by atoms with Crippen LogP contribution in [0.15, 0.2) is 24.3 Å². The van der Waals surface area contributed by atoms with E-state index < -0.39 is 5.54 Å². The second kappa shape index (κ2) is 7.54. The van der Waals surface area contributed by atoms with Crippen molar-refractivity contribution in [3.05, 3.63) is 35.4 Å². The highest BCUT2D eigenvalue weighted by Crippen LogP contribution is 2.39. The van der Waals surface area contributed by atoms with E-state index in [-0.39, 0.29) is 17.7 Å².